The van der Waals surface area contributed by atoms with E-state index in [2.05, 4.69) is 19.9 Å². The Labute approximate surface area is 97.7 Å². The topological polar surface area (TPSA) is 77.6 Å². The Morgan fingerprint density at radius 1 is 1.31 bits per heavy atom. The minimum atomic E-state index is 0.239. The number of nitrogen functional groups attached to an aromatic ring is 1. The van der Waals surface area contributed by atoms with Gasteiger partial charge in [0.25, 0.3) is 0 Å². The average molecular weight is 236 g/mol. The molecule has 2 rings (SSSR count). The normalized spacial score (nSPS) is 10.4. The van der Waals surface area contributed by atoms with Crippen LogP contribution in [0.1, 0.15) is 17.0 Å². The van der Waals surface area contributed by atoms with E-state index in [4.69, 9.17) is 17.3 Å². The standard InChI is InChI=1S/C10H10ClN5/c1-6-4-13-10(11)16-8(6)2-7-3-9(12)15-5-14-7/h3-5H,2H2,1H3,(H2,12,14,15). The summed E-state index contributed by atoms with van der Waals surface area (Å²) in [6.07, 6.45) is 3.69. The van der Waals surface area contributed by atoms with Crippen LogP contribution in [0, 0.1) is 6.92 Å². The number of nitrogens with zero attached hydrogens (tertiary/aromatic N) is 4. The van der Waals surface area contributed by atoms with Crippen LogP contribution in [0.3, 0.4) is 0 Å². The molecule has 2 aromatic rings. The second kappa shape index (κ2) is 4.40. The summed E-state index contributed by atoms with van der Waals surface area (Å²) < 4.78 is 0. The van der Waals surface area contributed by atoms with Gasteiger partial charge in [-0.15, -0.1) is 0 Å². The van der Waals surface area contributed by atoms with Crippen molar-refractivity contribution >= 4 is 17.4 Å². The summed E-state index contributed by atoms with van der Waals surface area (Å²) in [6, 6.07) is 1.72. The molecule has 0 aliphatic heterocycles. The third-order valence-corrected chi connectivity index (χ3v) is 2.32. The predicted molar refractivity (Wildman–Crippen MR) is 61.0 cm³/mol. The summed E-state index contributed by atoms with van der Waals surface area (Å²) in [6.45, 7) is 1.93. The summed E-state index contributed by atoms with van der Waals surface area (Å²) in [4.78, 5) is 16.0. The van der Waals surface area contributed by atoms with Gasteiger partial charge >= 0.3 is 0 Å². The third-order valence-electron chi connectivity index (χ3n) is 2.14. The van der Waals surface area contributed by atoms with Crippen molar-refractivity contribution in [3.05, 3.63) is 40.8 Å². The maximum absolute atomic E-state index is 5.73. The minimum Gasteiger partial charge on any atom is -0.384 e. The molecule has 0 saturated heterocycles. The fraction of sp³-hybridized carbons (Fsp3) is 0.200. The number of hydrogen-bond donors (Lipinski definition) is 1. The van der Waals surface area contributed by atoms with Gasteiger partial charge in [-0.25, -0.2) is 19.9 Å². The van der Waals surface area contributed by atoms with Gasteiger partial charge in [-0.3, -0.25) is 0 Å². The van der Waals surface area contributed by atoms with E-state index in [0.717, 1.165) is 17.0 Å². The Bertz CT molecular complexity index is 514. The van der Waals surface area contributed by atoms with E-state index in [-0.39, 0.29) is 5.28 Å². The van der Waals surface area contributed by atoms with Crippen molar-refractivity contribution in [3.63, 3.8) is 0 Å². The average Bonchev–Trinajstić information content (AvgIpc) is 2.24. The SMILES string of the molecule is Cc1cnc(Cl)nc1Cc1cc(N)ncn1. The van der Waals surface area contributed by atoms with Crippen molar-refractivity contribution in [1.29, 1.82) is 0 Å². The first-order valence-corrected chi connectivity index (χ1v) is 5.07. The van der Waals surface area contributed by atoms with Crippen LogP contribution in [0.15, 0.2) is 18.6 Å². The molecule has 6 heteroatoms. The molecule has 0 aromatic carbocycles. The molecule has 0 unspecified atom stereocenters. The first-order chi connectivity index (χ1) is 7.65. The third kappa shape index (κ3) is 2.43. The summed E-state index contributed by atoms with van der Waals surface area (Å²) in [5.74, 6) is 0.447. The van der Waals surface area contributed by atoms with E-state index in [1.165, 1.54) is 6.33 Å². The quantitative estimate of drug-likeness (QED) is 0.797. The Morgan fingerprint density at radius 2 is 2.12 bits per heavy atom. The van der Waals surface area contributed by atoms with E-state index in [1.54, 1.807) is 12.3 Å². The lowest BCUT2D eigenvalue weighted by Gasteiger charge is -2.04. The van der Waals surface area contributed by atoms with Gasteiger partial charge in [0.1, 0.15) is 12.1 Å². The van der Waals surface area contributed by atoms with E-state index in [0.29, 0.717) is 12.2 Å². The molecule has 0 saturated carbocycles. The Kier molecular flexibility index (Phi) is 2.96. The van der Waals surface area contributed by atoms with Crippen LogP contribution in [0.4, 0.5) is 5.82 Å². The van der Waals surface area contributed by atoms with Crippen molar-refractivity contribution in [1.82, 2.24) is 19.9 Å². The highest BCUT2D eigenvalue weighted by molar-refractivity contribution is 6.28. The van der Waals surface area contributed by atoms with Gasteiger partial charge in [0, 0.05) is 18.7 Å². The molecule has 5 nitrogen and oxygen atoms in total. The molecule has 0 fully saturated rings. The molecule has 2 heterocycles. The highest BCUT2D eigenvalue weighted by Gasteiger charge is 2.05. The smallest absolute Gasteiger partial charge is 0.222 e. The number of nitrogens with two attached hydrogens (primary N) is 1. The Hall–Kier alpha value is -1.75. The zero-order chi connectivity index (χ0) is 11.5. The largest absolute Gasteiger partial charge is 0.384 e. The molecule has 2 N–H and O–H groups in total. The van der Waals surface area contributed by atoms with E-state index in [1.807, 2.05) is 6.92 Å². The lowest BCUT2D eigenvalue weighted by Crippen LogP contribution is -2.01. The molecule has 82 valence electrons. The lowest BCUT2D eigenvalue weighted by atomic mass is 10.1. The second-order valence-corrected chi connectivity index (χ2v) is 3.72. The van der Waals surface area contributed by atoms with Crippen LogP contribution >= 0.6 is 11.6 Å². The fourth-order valence-electron chi connectivity index (χ4n) is 1.32. The number of halogens is 1. The lowest BCUT2D eigenvalue weighted by molar-refractivity contribution is 0.951. The maximum Gasteiger partial charge on any atom is 0.222 e. The summed E-state index contributed by atoms with van der Waals surface area (Å²) in [7, 11) is 0. The number of rotatable bonds is 2. The van der Waals surface area contributed by atoms with Gasteiger partial charge in [0.15, 0.2) is 0 Å². The molecule has 0 aliphatic rings. The van der Waals surface area contributed by atoms with Crippen molar-refractivity contribution in [2.45, 2.75) is 13.3 Å². The molecular weight excluding hydrogens is 226 g/mol. The Balaban J connectivity index is 2.30. The molecule has 16 heavy (non-hydrogen) atoms. The van der Waals surface area contributed by atoms with Gasteiger partial charge in [-0.2, -0.15) is 0 Å². The number of anilines is 1. The van der Waals surface area contributed by atoms with Crippen LogP contribution in [0.2, 0.25) is 5.28 Å². The van der Waals surface area contributed by atoms with Crippen molar-refractivity contribution in [3.8, 4) is 0 Å². The molecular formula is C10H10ClN5. The monoisotopic (exact) mass is 235 g/mol. The number of aryl methyl sites for hydroxylation is 1. The Morgan fingerprint density at radius 3 is 2.88 bits per heavy atom. The van der Waals surface area contributed by atoms with Crippen molar-refractivity contribution in [2.75, 3.05) is 5.73 Å². The molecule has 0 atom stereocenters. The highest BCUT2D eigenvalue weighted by Crippen LogP contribution is 2.12. The molecule has 0 aliphatic carbocycles. The predicted octanol–water partition coefficient (Wildman–Crippen LogP) is 1.40. The first kappa shape index (κ1) is 10.8. The van der Waals surface area contributed by atoms with Crippen LogP contribution in [-0.4, -0.2) is 19.9 Å². The zero-order valence-corrected chi connectivity index (χ0v) is 9.44. The van der Waals surface area contributed by atoms with Crippen molar-refractivity contribution < 1.29 is 0 Å². The van der Waals surface area contributed by atoms with Gasteiger partial charge in [-0.1, -0.05) is 0 Å². The van der Waals surface area contributed by atoms with Crippen LogP contribution in [0.25, 0.3) is 0 Å². The van der Waals surface area contributed by atoms with Crippen LogP contribution in [0.5, 0.6) is 0 Å². The van der Waals surface area contributed by atoms with Crippen LogP contribution in [-0.2, 0) is 6.42 Å². The molecule has 0 radical (unpaired) electrons. The number of hydrogen-bond acceptors (Lipinski definition) is 5. The second-order valence-electron chi connectivity index (χ2n) is 3.38. The molecule has 0 amide bonds. The van der Waals surface area contributed by atoms with Gasteiger partial charge in [-0.05, 0) is 24.1 Å². The first-order valence-electron chi connectivity index (χ1n) is 4.69. The highest BCUT2D eigenvalue weighted by atomic mass is 35.5. The molecule has 0 spiro atoms. The summed E-state index contributed by atoms with van der Waals surface area (Å²) in [5, 5.41) is 0.239. The van der Waals surface area contributed by atoms with E-state index >= 15 is 0 Å². The fourth-order valence-corrected chi connectivity index (χ4v) is 1.47. The zero-order valence-electron chi connectivity index (χ0n) is 8.68. The summed E-state index contributed by atoms with van der Waals surface area (Å²) in [5.41, 5.74) is 8.20. The van der Waals surface area contributed by atoms with Gasteiger partial charge in [0.05, 0.1) is 11.4 Å². The maximum atomic E-state index is 5.73. The van der Waals surface area contributed by atoms with Gasteiger partial charge in [0.2, 0.25) is 5.28 Å². The van der Waals surface area contributed by atoms with E-state index < -0.39 is 0 Å². The molecule has 2 aromatic heterocycles. The summed E-state index contributed by atoms with van der Waals surface area (Å²) >= 11 is 5.73. The van der Waals surface area contributed by atoms with Gasteiger partial charge < -0.3 is 5.73 Å². The van der Waals surface area contributed by atoms with E-state index in [9.17, 15) is 0 Å². The minimum absolute atomic E-state index is 0.239. The van der Waals surface area contributed by atoms with Crippen molar-refractivity contribution in [2.24, 2.45) is 0 Å². The molecule has 0 bridgehead atoms. The van der Waals surface area contributed by atoms with Crippen LogP contribution < -0.4 is 5.73 Å². The number of aromatic nitrogens is 4.